The third-order valence-corrected chi connectivity index (χ3v) is 5.63. The minimum Gasteiger partial charge on any atom is -0.507 e. The summed E-state index contributed by atoms with van der Waals surface area (Å²) in [5.74, 6) is -0.167. The summed E-state index contributed by atoms with van der Waals surface area (Å²) in [7, 11) is 0. The monoisotopic (exact) mass is 427 g/mol. The van der Waals surface area contributed by atoms with E-state index < -0.39 is 6.09 Å². The molecular formula is C27H25NO4. The molecule has 5 nitrogen and oxygen atoms in total. The number of nitrogens with one attached hydrogen (secondary N) is 1. The Bertz CT molecular complexity index is 1140. The van der Waals surface area contributed by atoms with Crippen molar-refractivity contribution in [2.24, 2.45) is 0 Å². The van der Waals surface area contributed by atoms with E-state index >= 15 is 0 Å². The minimum absolute atomic E-state index is 0.0217. The first-order chi connectivity index (χ1) is 15.5. The van der Waals surface area contributed by atoms with E-state index in [1.165, 1.54) is 35.2 Å². The molecule has 0 saturated carbocycles. The lowest BCUT2D eigenvalue weighted by Gasteiger charge is -2.14. The number of rotatable bonds is 7. The van der Waals surface area contributed by atoms with Gasteiger partial charge in [0.05, 0.1) is 5.56 Å². The van der Waals surface area contributed by atoms with Gasteiger partial charge in [0, 0.05) is 12.5 Å². The highest BCUT2D eigenvalue weighted by atomic mass is 16.5. The number of ether oxygens (including phenoxy) is 1. The first-order valence-electron chi connectivity index (χ1n) is 10.6. The highest BCUT2D eigenvalue weighted by Gasteiger charge is 2.28. The normalized spacial score (nSPS) is 12.4. The fourth-order valence-electron chi connectivity index (χ4n) is 4.07. The number of carbonyl (C=O) groups excluding carboxylic acids is 2. The van der Waals surface area contributed by atoms with Gasteiger partial charge in [0.15, 0.2) is 5.78 Å². The van der Waals surface area contributed by atoms with Crippen molar-refractivity contribution in [1.82, 2.24) is 5.32 Å². The van der Waals surface area contributed by atoms with Crippen molar-refractivity contribution in [1.29, 1.82) is 0 Å². The summed E-state index contributed by atoms with van der Waals surface area (Å²) in [4.78, 5) is 23.7. The van der Waals surface area contributed by atoms with Crippen molar-refractivity contribution in [3.63, 3.8) is 0 Å². The van der Waals surface area contributed by atoms with Gasteiger partial charge in [-0.2, -0.15) is 0 Å². The van der Waals surface area contributed by atoms with E-state index in [-0.39, 0.29) is 24.1 Å². The number of benzene rings is 3. The average molecular weight is 428 g/mol. The molecular weight excluding hydrogens is 402 g/mol. The second-order valence-corrected chi connectivity index (χ2v) is 7.78. The zero-order valence-electron chi connectivity index (χ0n) is 17.9. The molecule has 1 aliphatic carbocycles. The molecule has 3 aromatic rings. The van der Waals surface area contributed by atoms with E-state index in [2.05, 4.69) is 29.6 Å². The number of aromatic hydroxyl groups is 1. The maximum absolute atomic E-state index is 12.2. The highest BCUT2D eigenvalue weighted by Crippen LogP contribution is 2.44. The maximum atomic E-state index is 12.2. The van der Waals surface area contributed by atoms with E-state index in [0.29, 0.717) is 18.5 Å². The third kappa shape index (κ3) is 4.57. The Kier molecular flexibility index (Phi) is 6.36. The quantitative estimate of drug-likeness (QED) is 0.384. The van der Waals surface area contributed by atoms with E-state index in [4.69, 9.17) is 4.74 Å². The maximum Gasteiger partial charge on any atom is 0.407 e. The number of hydrogen-bond acceptors (Lipinski definition) is 4. The fourth-order valence-corrected chi connectivity index (χ4v) is 4.07. The van der Waals surface area contributed by atoms with E-state index in [0.717, 1.165) is 5.56 Å². The van der Waals surface area contributed by atoms with Crippen LogP contribution in [-0.4, -0.2) is 30.1 Å². The number of phenols is 1. The number of carbonyl (C=O) groups is 2. The van der Waals surface area contributed by atoms with Gasteiger partial charge in [0.1, 0.15) is 12.4 Å². The Hall–Kier alpha value is -3.86. The molecule has 3 aromatic carbocycles. The Morgan fingerprint density at radius 2 is 1.66 bits per heavy atom. The summed E-state index contributed by atoms with van der Waals surface area (Å²) in [6, 6.07) is 21.4. The van der Waals surface area contributed by atoms with Crippen LogP contribution in [0.25, 0.3) is 17.2 Å². The van der Waals surface area contributed by atoms with Crippen LogP contribution in [-0.2, 0) is 4.74 Å². The van der Waals surface area contributed by atoms with Crippen LogP contribution in [0.1, 0.15) is 46.3 Å². The third-order valence-electron chi connectivity index (χ3n) is 5.63. The van der Waals surface area contributed by atoms with Gasteiger partial charge < -0.3 is 15.2 Å². The molecule has 4 rings (SSSR count). The second kappa shape index (κ2) is 9.52. The number of Topliss-reactive ketones (excluding diaryl/α,β-unsaturated/α-hetero) is 1. The lowest BCUT2D eigenvalue weighted by atomic mass is 9.98. The molecule has 0 aromatic heterocycles. The Balaban J connectivity index is 1.27. The van der Waals surface area contributed by atoms with Crippen LogP contribution in [0.4, 0.5) is 4.79 Å². The summed E-state index contributed by atoms with van der Waals surface area (Å²) in [6.45, 7) is 2.14. The molecule has 0 atom stereocenters. The van der Waals surface area contributed by atoms with E-state index in [1.54, 1.807) is 12.1 Å². The molecule has 0 spiro atoms. The predicted octanol–water partition coefficient (Wildman–Crippen LogP) is 5.54. The zero-order chi connectivity index (χ0) is 22.5. The summed E-state index contributed by atoms with van der Waals surface area (Å²) in [5, 5.41) is 12.5. The molecule has 1 aliphatic rings. The predicted molar refractivity (Wildman–Crippen MR) is 125 cm³/mol. The SMILES string of the molecule is CC(=O)c1cc(C=CCCNC(=O)OCC2c3ccccc3-c3ccccc32)ccc1O. The Labute approximate surface area is 187 Å². The molecule has 5 heteroatoms. The second-order valence-electron chi connectivity index (χ2n) is 7.78. The van der Waals surface area contributed by atoms with Gasteiger partial charge in [0.25, 0.3) is 0 Å². The largest absolute Gasteiger partial charge is 0.507 e. The molecule has 0 bridgehead atoms. The van der Waals surface area contributed by atoms with Crippen molar-refractivity contribution in [3.05, 3.63) is 95.1 Å². The van der Waals surface area contributed by atoms with Gasteiger partial charge >= 0.3 is 6.09 Å². The number of hydrogen-bond donors (Lipinski definition) is 2. The lowest BCUT2D eigenvalue weighted by Crippen LogP contribution is -2.26. The van der Waals surface area contributed by atoms with E-state index in [1.807, 2.05) is 36.4 Å². The van der Waals surface area contributed by atoms with Crippen LogP contribution in [0, 0.1) is 0 Å². The molecule has 0 unspecified atom stereocenters. The van der Waals surface area contributed by atoms with Gasteiger partial charge in [-0.15, -0.1) is 0 Å². The van der Waals surface area contributed by atoms with Crippen LogP contribution in [0.2, 0.25) is 0 Å². The van der Waals surface area contributed by atoms with Crippen LogP contribution < -0.4 is 5.32 Å². The van der Waals surface area contributed by atoms with Gasteiger partial charge in [-0.05, 0) is 53.3 Å². The summed E-state index contributed by atoms with van der Waals surface area (Å²) in [5.41, 5.74) is 5.87. The molecule has 0 radical (unpaired) electrons. The fraction of sp³-hybridized carbons (Fsp3) is 0.185. The molecule has 2 N–H and O–H groups in total. The van der Waals surface area contributed by atoms with Crippen LogP contribution in [0.3, 0.4) is 0 Å². The molecule has 0 saturated heterocycles. The molecule has 32 heavy (non-hydrogen) atoms. The van der Waals surface area contributed by atoms with Crippen molar-refractivity contribution >= 4 is 18.0 Å². The van der Waals surface area contributed by atoms with Gasteiger partial charge in [-0.3, -0.25) is 4.79 Å². The topological polar surface area (TPSA) is 75.6 Å². The summed E-state index contributed by atoms with van der Waals surface area (Å²) in [6.07, 6.45) is 3.93. The first kappa shape index (κ1) is 21.4. The van der Waals surface area contributed by atoms with Crippen LogP contribution >= 0.6 is 0 Å². The van der Waals surface area contributed by atoms with Crippen molar-refractivity contribution in [2.75, 3.05) is 13.2 Å². The number of ketones is 1. The van der Waals surface area contributed by atoms with Crippen LogP contribution in [0.5, 0.6) is 5.75 Å². The Morgan fingerprint density at radius 3 is 2.31 bits per heavy atom. The van der Waals surface area contributed by atoms with Crippen molar-refractivity contribution in [3.8, 4) is 16.9 Å². The van der Waals surface area contributed by atoms with Gasteiger partial charge in [-0.1, -0.05) is 66.7 Å². The average Bonchev–Trinajstić information content (AvgIpc) is 3.12. The Morgan fingerprint density at radius 1 is 1.00 bits per heavy atom. The lowest BCUT2D eigenvalue weighted by molar-refractivity contribution is 0.101. The molecule has 1 amide bonds. The summed E-state index contributed by atoms with van der Waals surface area (Å²) < 4.78 is 5.52. The summed E-state index contributed by atoms with van der Waals surface area (Å²) >= 11 is 0. The van der Waals surface area contributed by atoms with Crippen LogP contribution in [0.15, 0.2) is 72.8 Å². The number of amides is 1. The smallest absolute Gasteiger partial charge is 0.407 e. The minimum atomic E-state index is -0.441. The molecule has 162 valence electrons. The highest BCUT2D eigenvalue weighted by molar-refractivity contribution is 5.97. The number of phenolic OH excluding ortho intramolecular Hbond substituents is 1. The van der Waals surface area contributed by atoms with Gasteiger partial charge in [-0.25, -0.2) is 4.79 Å². The number of alkyl carbamates (subject to hydrolysis) is 1. The molecule has 0 fully saturated rings. The first-order valence-corrected chi connectivity index (χ1v) is 10.6. The number of fused-ring (bicyclic) bond motifs is 3. The standard InChI is InChI=1S/C27H25NO4/c1-18(29)24-16-19(13-14-26(24)30)8-6-7-15-28-27(31)32-17-25-22-11-4-2-9-20(22)21-10-3-5-12-23(21)25/h2-6,8-14,16,25,30H,7,15,17H2,1H3,(H,28,31). The van der Waals surface area contributed by atoms with Gasteiger partial charge in [0.2, 0.25) is 0 Å². The molecule has 0 aliphatic heterocycles. The van der Waals surface area contributed by atoms with E-state index in [9.17, 15) is 14.7 Å². The van der Waals surface area contributed by atoms with Crippen molar-refractivity contribution in [2.45, 2.75) is 19.3 Å². The zero-order valence-corrected chi connectivity index (χ0v) is 17.9. The van der Waals surface area contributed by atoms with Crippen molar-refractivity contribution < 1.29 is 19.4 Å². The molecule has 0 heterocycles.